The molecule has 5 nitrogen and oxygen atoms in total. The van der Waals surface area contributed by atoms with Gasteiger partial charge in [-0.3, -0.25) is 4.79 Å². The summed E-state index contributed by atoms with van der Waals surface area (Å²) in [7, 11) is 0. The van der Waals surface area contributed by atoms with Crippen molar-refractivity contribution in [2.24, 2.45) is 0 Å². The van der Waals surface area contributed by atoms with E-state index >= 15 is 0 Å². The summed E-state index contributed by atoms with van der Waals surface area (Å²) in [5.74, 6) is -0.310. The van der Waals surface area contributed by atoms with Crippen molar-refractivity contribution >= 4 is 16.9 Å². The molecule has 17 heavy (non-hydrogen) atoms. The van der Waals surface area contributed by atoms with Gasteiger partial charge in [-0.05, 0) is 19.1 Å². The largest absolute Gasteiger partial charge is 0.395 e. The molecule has 5 heteroatoms. The predicted octanol–water partition coefficient (Wildman–Crippen LogP) is 0.660. The standard InChI is InChI=1S/C12H13N3O2/c1-8-11(12(17)13-6-7-16)15-10-5-3-2-4-9(10)14-8/h2-5,16H,6-7H2,1H3,(H,13,17). The van der Waals surface area contributed by atoms with Crippen LogP contribution in [0, 0.1) is 6.92 Å². The molecule has 1 amide bonds. The van der Waals surface area contributed by atoms with Crippen LogP contribution in [0.15, 0.2) is 24.3 Å². The van der Waals surface area contributed by atoms with E-state index in [1.807, 2.05) is 24.3 Å². The second-order valence-corrected chi connectivity index (χ2v) is 3.63. The first kappa shape index (κ1) is 11.5. The van der Waals surface area contributed by atoms with Crippen molar-refractivity contribution in [3.8, 4) is 0 Å². The van der Waals surface area contributed by atoms with Gasteiger partial charge in [0.15, 0.2) is 0 Å². The SMILES string of the molecule is Cc1nc2ccccc2nc1C(=O)NCCO. The lowest BCUT2D eigenvalue weighted by atomic mass is 10.2. The third kappa shape index (κ3) is 2.39. The number of amides is 1. The maximum Gasteiger partial charge on any atom is 0.271 e. The number of para-hydroxylation sites is 2. The number of hydrogen-bond acceptors (Lipinski definition) is 4. The van der Waals surface area contributed by atoms with Crippen LogP contribution in [0.3, 0.4) is 0 Å². The van der Waals surface area contributed by atoms with Crippen LogP contribution in [0.2, 0.25) is 0 Å². The molecular formula is C12H13N3O2. The molecule has 2 aromatic rings. The normalized spacial score (nSPS) is 10.5. The Morgan fingerprint density at radius 1 is 1.29 bits per heavy atom. The molecular weight excluding hydrogens is 218 g/mol. The Hall–Kier alpha value is -2.01. The second-order valence-electron chi connectivity index (χ2n) is 3.63. The molecule has 0 radical (unpaired) electrons. The lowest BCUT2D eigenvalue weighted by Crippen LogP contribution is -2.28. The van der Waals surface area contributed by atoms with Crippen LogP contribution in [-0.2, 0) is 0 Å². The highest BCUT2D eigenvalue weighted by Crippen LogP contribution is 2.11. The third-order valence-electron chi connectivity index (χ3n) is 2.36. The highest BCUT2D eigenvalue weighted by molar-refractivity contribution is 5.95. The van der Waals surface area contributed by atoms with Crippen LogP contribution < -0.4 is 5.32 Å². The van der Waals surface area contributed by atoms with E-state index in [-0.39, 0.29) is 19.1 Å². The van der Waals surface area contributed by atoms with Crippen molar-refractivity contribution in [1.29, 1.82) is 0 Å². The molecule has 0 aliphatic heterocycles. The molecule has 0 fully saturated rings. The van der Waals surface area contributed by atoms with Crippen LogP contribution in [0.25, 0.3) is 11.0 Å². The zero-order valence-corrected chi connectivity index (χ0v) is 9.47. The first-order chi connectivity index (χ1) is 8.22. The molecule has 0 atom stereocenters. The average Bonchev–Trinajstić information content (AvgIpc) is 2.35. The van der Waals surface area contributed by atoms with Crippen molar-refractivity contribution in [2.45, 2.75) is 6.92 Å². The summed E-state index contributed by atoms with van der Waals surface area (Å²) in [4.78, 5) is 20.3. The fraction of sp³-hybridized carbons (Fsp3) is 0.250. The number of aliphatic hydroxyl groups excluding tert-OH is 1. The van der Waals surface area contributed by atoms with Gasteiger partial charge in [0.1, 0.15) is 5.69 Å². The number of carbonyl (C=O) groups is 1. The van der Waals surface area contributed by atoms with Crippen molar-refractivity contribution in [3.05, 3.63) is 35.7 Å². The number of carbonyl (C=O) groups excluding carboxylic acids is 1. The molecule has 0 aliphatic carbocycles. The monoisotopic (exact) mass is 231 g/mol. The number of aromatic nitrogens is 2. The van der Waals surface area contributed by atoms with Gasteiger partial charge in [-0.25, -0.2) is 9.97 Å². The highest BCUT2D eigenvalue weighted by atomic mass is 16.3. The van der Waals surface area contributed by atoms with Crippen LogP contribution >= 0.6 is 0 Å². The molecule has 2 N–H and O–H groups in total. The van der Waals surface area contributed by atoms with Gasteiger partial charge in [0.05, 0.1) is 23.3 Å². The van der Waals surface area contributed by atoms with Crippen LogP contribution in [0.4, 0.5) is 0 Å². The smallest absolute Gasteiger partial charge is 0.271 e. The van der Waals surface area contributed by atoms with E-state index < -0.39 is 0 Å². The fourth-order valence-electron chi connectivity index (χ4n) is 1.56. The van der Waals surface area contributed by atoms with E-state index in [9.17, 15) is 4.79 Å². The lowest BCUT2D eigenvalue weighted by Gasteiger charge is -2.06. The van der Waals surface area contributed by atoms with Gasteiger partial charge in [0, 0.05) is 6.54 Å². The Kier molecular flexibility index (Phi) is 3.30. The number of nitrogens with one attached hydrogen (secondary N) is 1. The summed E-state index contributed by atoms with van der Waals surface area (Å²) in [5, 5.41) is 11.2. The molecule has 0 aliphatic rings. The number of benzene rings is 1. The number of fused-ring (bicyclic) bond motifs is 1. The Balaban J connectivity index is 2.40. The predicted molar refractivity (Wildman–Crippen MR) is 63.7 cm³/mol. The molecule has 1 aromatic carbocycles. The van der Waals surface area contributed by atoms with Crippen LogP contribution in [0.1, 0.15) is 16.2 Å². The van der Waals surface area contributed by atoms with Crippen LogP contribution in [-0.4, -0.2) is 34.1 Å². The Morgan fingerprint density at radius 2 is 1.94 bits per heavy atom. The third-order valence-corrected chi connectivity index (χ3v) is 2.36. The maximum atomic E-state index is 11.7. The van der Waals surface area contributed by atoms with Crippen molar-refractivity contribution in [2.75, 3.05) is 13.2 Å². The molecule has 0 unspecified atom stereocenters. The molecule has 2 rings (SSSR count). The number of aryl methyl sites for hydroxylation is 1. The minimum absolute atomic E-state index is 0.0915. The van der Waals surface area contributed by atoms with Gasteiger partial charge < -0.3 is 10.4 Å². The van der Waals surface area contributed by atoms with Crippen molar-refractivity contribution in [3.63, 3.8) is 0 Å². The van der Waals surface area contributed by atoms with E-state index in [0.29, 0.717) is 16.9 Å². The molecule has 88 valence electrons. The molecule has 1 aromatic heterocycles. The van der Waals surface area contributed by atoms with Gasteiger partial charge in [0.25, 0.3) is 5.91 Å². The minimum atomic E-state index is -0.310. The molecule has 0 saturated heterocycles. The number of aliphatic hydroxyl groups is 1. The average molecular weight is 231 g/mol. The summed E-state index contributed by atoms with van der Waals surface area (Å²) >= 11 is 0. The Bertz CT molecular complexity index is 554. The van der Waals surface area contributed by atoms with Crippen molar-refractivity contribution < 1.29 is 9.90 Å². The zero-order chi connectivity index (χ0) is 12.3. The number of nitrogens with zero attached hydrogens (tertiary/aromatic N) is 2. The molecule has 0 saturated carbocycles. The van der Waals surface area contributed by atoms with E-state index in [1.54, 1.807) is 6.92 Å². The number of rotatable bonds is 3. The zero-order valence-electron chi connectivity index (χ0n) is 9.47. The van der Waals surface area contributed by atoms with Gasteiger partial charge in [-0.15, -0.1) is 0 Å². The minimum Gasteiger partial charge on any atom is -0.395 e. The topological polar surface area (TPSA) is 75.1 Å². The van der Waals surface area contributed by atoms with Gasteiger partial charge >= 0.3 is 0 Å². The van der Waals surface area contributed by atoms with E-state index in [2.05, 4.69) is 15.3 Å². The van der Waals surface area contributed by atoms with E-state index in [1.165, 1.54) is 0 Å². The summed E-state index contributed by atoms with van der Waals surface area (Å²) in [6, 6.07) is 7.39. The first-order valence-electron chi connectivity index (χ1n) is 5.35. The maximum absolute atomic E-state index is 11.7. The Morgan fingerprint density at radius 3 is 2.59 bits per heavy atom. The summed E-state index contributed by atoms with van der Waals surface area (Å²) in [6.45, 7) is 1.87. The summed E-state index contributed by atoms with van der Waals surface area (Å²) < 4.78 is 0. The molecule has 1 heterocycles. The van der Waals surface area contributed by atoms with E-state index in [4.69, 9.17) is 5.11 Å². The fourth-order valence-corrected chi connectivity index (χ4v) is 1.56. The quantitative estimate of drug-likeness (QED) is 0.813. The second kappa shape index (κ2) is 4.88. The first-order valence-corrected chi connectivity index (χ1v) is 5.35. The van der Waals surface area contributed by atoms with Gasteiger partial charge in [-0.1, -0.05) is 12.1 Å². The summed E-state index contributed by atoms with van der Waals surface area (Å²) in [5.41, 5.74) is 2.34. The number of hydrogen-bond donors (Lipinski definition) is 2. The lowest BCUT2D eigenvalue weighted by molar-refractivity contribution is 0.0939. The Labute approximate surface area is 98.5 Å². The molecule has 0 bridgehead atoms. The highest BCUT2D eigenvalue weighted by Gasteiger charge is 2.12. The van der Waals surface area contributed by atoms with Gasteiger partial charge in [0.2, 0.25) is 0 Å². The van der Waals surface area contributed by atoms with Crippen LogP contribution in [0.5, 0.6) is 0 Å². The molecule has 0 spiro atoms. The van der Waals surface area contributed by atoms with Gasteiger partial charge in [-0.2, -0.15) is 0 Å². The van der Waals surface area contributed by atoms with Crippen molar-refractivity contribution in [1.82, 2.24) is 15.3 Å². The summed E-state index contributed by atoms with van der Waals surface area (Å²) in [6.07, 6.45) is 0. The van der Waals surface area contributed by atoms with E-state index in [0.717, 1.165) is 5.52 Å².